The van der Waals surface area contributed by atoms with Crippen molar-refractivity contribution >= 4 is 27.0 Å². The Labute approximate surface area is 89.5 Å². The van der Waals surface area contributed by atoms with Gasteiger partial charge in [0, 0.05) is 11.0 Å². The molecule has 1 aromatic carbocycles. The number of nitrogens with zero attached hydrogens (tertiary/aromatic N) is 2. The molecule has 0 atom stereocenters. The molecule has 0 amide bonds. The first-order chi connectivity index (χ1) is 6.72. The normalized spacial score (nSPS) is 10.7. The number of benzene rings is 1. The molecular weight excluding hydrogens is 244 g/mol. The highest BCUT2D eigenvalue weighted by atomic mass is 79.9. The van der Waals surface area contributed by atoms with Crippen molar-refractivity contribution in [2.75, 3.05) is 0 Å². The van der Waals surface area contributed by atoms with Crippen LogP contribution in [0.25, 0.3) is 11.0 Å². The molecule has 72 valence electrons. The highest BCUT2D eigenvalue weighted by Gasteiger charge is 2.01. The van der Waals surface area contributed by atoms with E-state index in [0.29, 0.717) is 6.54 Å². The third-order valence-corrected chi connectivity index (χ3v) is 2.62. The summed E-state index contributed by atoms with van der Waals surface area (Å²) in [6.45, 7) is 2.61. The summed E-state index contributed by atoms with van der Waals surface area (Å²) in [6, 6.07) is 5.72. The van der Waals surface area contributed by atoms with Crippen LogP contribution in [0.15, 0.2) is 33.7 Å². The van der Waals surface area contributed by atoms with Gasteiger partial charge < -0.3 is 4.57 Å². The van der Waals surface area contributed by atoms with E-state index in [1.54, 1.807) is 4.57 Å². The fourth-order valence-corrected chi connectivity index (χ4v) is 1.82. The SMILES string of the molecule is CCn1c(=O)cnc2cc(Br)ccc21. The fraction of sp³-hybridized carbons (Fsp3) is 0.200. The maximum absolute atomic E-state index is 11.4. The summed E-state index contributed by atoms with van der Waals surface area (Å²) < 4.78 is 2.67. The van der Waals surface area contributed by atoms with Crippen molar-refractivity contribution in [2.45, 2.75) is 13.5 Å². The lowest BCUT2D eigenvalue weighted by Gasteiger charge is -2.05. The van der Waals surface area contributed by atoms with E-state index in [4.69, 9.17) is 0 Å². The number of hydrogen-bond acceptors (Lipinski definition) is 2. The molecule has 3 nitrogen and oxygen atoms in total. The molecule has 2 rings (SSSR count). The van der Waals surface area contributed by atoms with Crippen molar-refractivity contribution in [1.29, 1.82) is 0 Å². The van der Waals surface area contributed by atoms with Crippen LogP contribution < -0.4 is 5.56 Å². The van der Waals surface area contributed by atoms with Gasteiger partial charge in [0.1, 0.15) is 0 Å². The van der Waals surface area contributed by atoms with Crippen LogP contribution in [0.1, 0.15) is 6.92 Å². The third-order valence-electron chi connectivity index (χ3n) is 2.12. The zero-order valence-electron chi connectivity index (χ0n) is 7.70. The summed E-state index contributed by atoms with van der Waals surface area (Å²) in [5, 5.41) is 0. The van der Waals surface area contributed by atoms with E-state index >= 15 is 0 Å². The number of aromatic nitrogens is 2. The highest BCUT2D eigenvalue weighted by molar-refractivity contribution is 9.10. The molecular formula is C10H9BrN2O. The predicted octanol–water partition coefficient (Wildman–Crippen LogP) is 2.18. The number of rotatable bonds is 1. The average molecular weight is 253 g/mol. The summed E-state index contributed by atoms with van der Waals surface area (Å²) in [4.78, 5) is 15.5. The summed E-state index contributed by atoms with van der Waals surface area (Å²) in [6.07, 6.45) is 1.36. The molecule has 0 aliphatic rings. The van der Waals surface area contributed by atoms with Crippen LogP contribution in [-0.2, 0) is 6.54 Å². The van der Waals surface area contributed by atoms with Gasteiger partial charge in [-0.25, -0.2) is 4.98 Å². The van der Waals surface area contributed by atoms with Gasteiger partial charge >= 0.3 is 0 Å². The maximum Gasteiger partial charge on any atom is 0.269 e. The molecule has 0 aliphatic heterocycles. The molecule has 2 aromatic rings. The topological polar surface area (TPSA) is 34.9 Å². The first-order valence-corrected chi connectivity index (χ1v) is 5.17. The highest BCUT2D eigenvalue weighted by Crippen LogP contribution is 2.16. The van der Waals surface area contributed by atoms with Crippen LogP contribution in [0.5, 0.6) is 0 Å². The van der Waals surface area contributed by atoms with Crippen molar-refractivity contribution in [3.05, 3.63) is 39.2 Å². The largest absolute Gasteiger partial charge is 0.306 e. The lowest BCUT2D eigenvalue weighted by molar-refractivity contribution is 0.753. The van der Waals surface area contributed by atoms with E-state index in [2.05, 4.69) is 20.9 Å². The van der Waals surface area contributed by atoms with Crippen LogP contribution in [0, 0.1) is 0 Å². The molecule has 0 saturated heterocycles. The number of halogens is 1. The van der Waals surface area contributed by atoms with Gasteiger partial charge in [0.15, 0.2) is 0 Å². The van der Waals surface area contributed by atoms with Crippen LogP contribution in [0.3, 0.4) is 0 Å². The second-order valence-corrected chi connectivity index (χ2v) is 3.89. The fourth-order valence-electron chi connectivity index (χ4n) is 1.47. The van der Waals surface area contributed by atoms with E-state index in [1.165, 1.54) is 6.20 Å². The second-order valence-electron chi connectivity index (χ2n) is 2.97. The maximum atomic E-state index is 11.4. The van der Waals surface area contributed by atoms with E-state index in [-0.39, 0.29) is 5.56 Å². The molecule has 0 unspecified atom stereocenters. The van der Waals surface area contributed by atoms with Crippen molar-refractivity contribution < 1.29 is 0 Å². The lowest BCUT2D eigenvalue weighted by Crippen LogP contribution is -2.19. The van der Waals surface area contributed by atoms with Crippen LogP contribution in [0.4, 0.5) is 0 Å². The number of fused-ring (bicyclic) bond motifs is 1. The van der Waals surface area contributed by atoms with Gasteiger partial charge in [0.2, 0.25) is 0 Å². The molecule has 1 aromatic heterocycles. The van der Waals surface area contributed by atoms with Gasteiger partial charge in [-0.3, -0.25) is 4.79 Å². The summed E-state index contributed by atoms with van der Waals surface area (Å²) in [5.74, 6) is 0. The minimum atomic E-state index is -0.0534. The molecule has 0 bridgehead atoms. The monoisotopic (exact) mass is 252 g/mol. The van der Waals surface area contributed by atoms with Crippen LogP contribution in [0.2, 0.25) is 0 Å². The quantitative estimate of drug-likeness (QED) is 0.780. The Morgan fingerprint density at radius 2 is 2.29 bits per heavy atom. The van der Waals surface area contributed by atoms with Crippen molar-refractivity contribution in [3.63, 3.8) is 0 Å². The Morgan fingerprint density at radius 3 is 3.00 bits per heavy atom. The molecule has 0 N–H and O–H groups in total. The summed E-state index contributed by atoms with van der Waals surface area (Å²) in [5.41, 5.74) is 1.66. The Morgan fingerprint density at radius 1 is 1.50 bits per heavy atom. The number of aryl methyl sites for hydroxylation is 1. The number of hydrogen-bond donors (Lipinski definition) is 0. The van der Waals surface area contributed by atoms with Gasteiger partial charge in [-0.2, -0.15) is 0 Å². The average Bonchev–Trinajstić information content (AvgIpc) is 2.18. The zero-order valence-corrected chi connectivity index (χ0v) is 9.28. The molecule has 4 heteroatoms. The first-order valence-electron chi connectivity index (χ1n) is 4.37. The van der Waals surface area contributed by atoms with Gasteiger partial charge in [-0.1, -0.05) is 15.9 Å². The summed E-state index contributed by atoms with van der Waals surface area (Å²) in [7, 11) is 0. The molecule has 0 fully saturated rings. The molecule has 0 aliphatic carbocycles. The van der Waals surface area contributed by atoms with Gasteiger partial charge in [0.05, 0.1) is 17.2 Å². The Bertz CT molecular complexity index is 533. The van der Waals surface area contributed by atoms with Crippen LogP contribution in [-0.4, -0.2) is 9.55 Å². The van der Waals surface area contributed by atoms with Crippen molar-refractivity contribution in [3.8, 4) is 0 Å². The first kappa shape index (κ1) is 9.40. The Hall–Kier alpha value is -1.16. The molecule has 0 spiro atoms. The van der Waals surface area contributed by atoms with Crippen LogP contribution >= 0.6 is 15.9 Å². The smallest absolute Gasteiger partial charge is 0.269 e. The van der Waals surface area contributed by atoms with Crippen molar-refractivity contribution in [1.82, 2.24) is 9.55 Å². The lowest BCUT2D eigenvalue weighted by atomic mass is 10.3. The third kappa shape index (κ3) is 1.46. The Kier molecular flexibility index (Phi) is 2.37. The minimum absolute atomic E-state index is 0.0534. The molecule has 1 heterocycles. The molecule has 14 heavy (non-hydrogen) atoms. The van der Waals surface area contributed by atoms with Gasteiger partial charge in [-0.15, -0.1) is 0 Å². The van der Waals surface area contributed by atoms with E-state index in [9.17, 15) is 4.79 Å². The van der Waals surface area contributed by atoms with Gasteiger partial charge in [-0.05, 0) is 25.1 Å². The van der Waals surface area contributed by atoms with E-state index < -0.39 is 0 Å². The summed E-state index contributed by atoms with van der Waals surface area (Å²) >= 11 is 3.37. The second kappa shape index (κ2) is 3.53. The molecule has 0 saturated carbocycles. The van der Waals surface area contributed by atoms with Crippen molar-refractivity contribution in [2.24, 2.45) is 0 Å². The standard InChI is InChI=1S/C10H9BrN2O/c1-2-13-9-4-3-7(11)5-8(9)12-6-10(13)14/h3-6H,2H2,1H3. The van der Waals surface area contributed by atoms with Gasteiger partial charge in [0.25, 0.3) is 5.56 Å². The predicted molar refractivity (Wildman–Crippen MR) is 59.4 cm³/mol. The zero-order chi connectivity index (χ0) is 10.1. The minimum Gasteiger partial charge on any atom is -0.306 e. The Balaban J connectivity index is 2.89. The van der Waals surface area contributed by atoms with E-state index in [0.717, 1.165) is 15.5 Å². The molecule has 0 radical (unpaired) electrons. The van der Waals surface area contributed by atoms with E-state index in [1.807, 2.05) is 25.1 Å².